The standard InChI is InChI=1S/C33H42FN6O4P/c1-22(2)40(24-10-16-45(3,42)17-11-24)33(41)26-18-23(34)4-5-29(26)44-31-20-36-21-38-32(31)39-14-8-25(9-15-39)43-30-7-13-37-28-6-12-35-19-27(28)30/h4-5,7,13,18,20-22,24-25,35H,6,8-12,14-17,19H2,1-3H3. The minimum atomic E-state index is -2.16. The predicted molar refractivity (Wildman–Crippen MR) is 172 cm³/mol. The maximum Gasteiger partial charge on any atom is 0.258 e. The molecule has 6 rings (SSSR count). The van der Waals surface area contributed by atoms with Crippen molar-refractivity contribution < 1.29 is 23.2 Å². The van der Waals surface area contributed by atoms with E-state index in [1.807, 2.05) is 32.8 Å². The van der Waals surface area contributed by atoms with Crippen LogP contribution in [0.4, 0.5) is 10.2 Å². The quantitative estimate of drug-likeness (QED) is 0.321. The molecule has 12 heteroatoms. The van der Waals surface area contributed by atoms with Crippen LogP contribution in [0.3, 0.4) is 0 Å². The molecule has 0 atom stereocenters. The summed E-state index contributed by atoms with van der Waals surface area (Å²) in [6, 6.07) is 5.78. The Kier molecular flexibility index (Phi) is 9.38. The molecular formula is C33H42FN6O4P. The second-order valence-electron chi connectivity index (χ2n) is 12.7. The number of rotatable bonds is 8. The summed E-state index contributed by atoms with van der Waals surface area (Å²) in [5.74, 6) is 1.33. The number of halogens is 1. The highest BCUT2D eigenvalue weighted by molar-refractivity contribution is 7.63. The molecule has 45 heavy (non-hydrogen) atoms. The zero-order chi connectivity index (χ0) is 31.6. The van der Waals surface area contributed by atoms with Gasteiger partial charge in [-0.2, -0.15) is 0 Å². The average molecular weight is 637 g/mol. The second kappa shape index (κ2) is 13.4. The Balaban J connectivity index is 1.17. The fourth-order valence-corrected chi connectivity index (χ4v) is 8.56. The number of carbonyl (C=O) groups is 1. The van der Waals surface area contributed by atoms with E-state index in [1.165, 1.54) is 24.5 Å². The van der Waals surface area contributed by atoms with Crippen molar-refractivity contribution >= 4 is 18.9 Å². The number of aromatic nitrogens is 3. The van der Waals surface area contributed by atoms with Gasteiger partial charge in [0, 0.05) is 87.3 Å². The minimum absolute atomic E-state index is 0.0608. The first-order chi connectivity index (χ1) is 21.7. The molecule has 10 nitrogen and oxygen atoms in total. The highest BCUT2D eigenvalue weighted by Crippen LogP contribution is 2.47. The van der Waals surface area contributed by atoms with Crippen LogP contribution in [0, 0.1) is 5.82 Å². The van der Waals surface area contributed by atoms with E-state index in [1.54, 1.807) is 11.1 Å². The Morgan fingerprint density at radius 3 is 2.62 bits per heavy atom. The van der Waals surface area contributed by atoms with Gasteiger partial charge in [0.15, 0.2) is 11.6 Å². The summed E-state index contributed by atoms with van der Waals surface area (Å²) < 4.78 is 40.0. The first-order valence-electron chi connectivity index (χ1n) is 15.9. The predicted octanol–water partition coefficient (Wildman–Crippen LogP) is 5.50. The summed E-state index contributed by atoms with van der Waals surface area (Å²) in [4.78, 5) is 31.2. The smallest absolute Gasteiger partial charge is 0.258 e. The van der Waals surface area contributed by atoms with Gasteiger partial charge < -0.3 is 29.2 Å². The van der Waals surface area contributed by atoms with Crippen molar-refractivity contribution in [2.24, 2.45) is 0 Å². The van der Waals surface area contributed by atoms with Crippen molar-refractivity contribution in [3.8, 4) is 17.2 Å². The topological polar surface area (TPSA) is 110 Å². The molecule has 0 spiro atoms. The molecule has 0 aliphatic carbocycles. The van der Waals surface area contributed by atoms with Crippen molar-refractivity contribution in [3.05, 3.63) is 65.6 Å². The molecule has 0 bridgehead atoms. The third-order valence-corrected chi connectivity index (χ3v) is 11.5. The fourth-order valence-electron chi connectivity index (χ4n) is 6.65. The normalized spacial score (nSPS) is 22.2. The molecule has 3 aliphatic rings. The third kappa shape index (κ3) is 7.15. The monoisotopic (exact) mass is 636 g/mol. The van der Waals surface area contributed by atoms with E-state index >= 15 is 0 Å². The number of nitrogens with zero attached hydrogens (tertiary/aromatic N) is 5. The first kappa shape index (κ1) is 31.4. The van der Waals surface area contributed by atoms with Crippen molar-refractivity contribution in [3.63, 3.8) is 0 Å². The summed E-state index contributed by atoms with van der Waals surface area (Å²) in [5.41, 5.74) is 2.39. The van der Waals surface area contributed by atoms with Crippen LogP contribution in [-0.2, 0) is 17.5 Å². The first-order valence-corrected chi connectivity index (χ1v) is 18.5. The van der Waals surface area contributed by atoms with Crippen molar-refractivity contribution in [1.29, 1.82) is 0 Å². The van der Waals surface area contributed by atoms with Gasteiger partial charge in [-0.3, -0.25) is 9.78 Å². The summed E-state index contributed by atoms with van der Waals surface area (Å²) in [7, 11) is -2.16. The lowest BCUT2D eigenvalue weighted by Crippen LogP contribution is -2.47. The van der Waals surface area contributed by atoms with E-state index in [-0.39, 0.29) is 35.4 Å². The molecule has 1 aromatic carbocycles. The summed E-state index contributed by atoms with van der Waals surface area (Å²) in [6.07, 6.45) is 9.99. The molecule has 0 saturated carbocycles. The zero-order valence-electron chi connectivity index (χ0n) is 26.2. The highest BCUT2D eigenvalue weighted by Gasteiger charge is 2.35. The Morgan fingerprint density at radius 1 is 1.09 bits per heavy atom. The van der Waals surface area contributed by atoms with Crippen molar-refractivity contribution in [1.82, 2.24) is 25.2 Å². The Morgan fingerprint density at radius 2 is 1.87 bits per heavy atom. The van der Waals surface area contributed by atoms with Gasteiger partial charge in [0.25, 0.3) is 5.91 Å². The summed E-state index contributed by atoms with van der Waals surface area (Å²) in [6.45, 7) is 8.83. The number of nitrogens with one attached hydrogen (secondary N) is 1. The maximum absolute atomic E-state index is 14.6. The van der Waals surface area contributed by atoms with Crippen LogP contribution in [0.1, 0.15) is 61.1 Å². The molecule has 3 aromatic rings. The molecule has 1 amide bonds. The van der Waals surface area contributed by atoms with Crippen LogP contribution in [-0.4, -0.2) is 82.6 Å². The number of carbonyl (C=O) groups excluding carboxylic acids is 1. The van der Waals surface area contributed by atoms with Gasteiger partial charge in [0.05, 0.1) is 18.9 Å². The molecule has 2 saturated heterocycles. The minimum Gasteiger partial charge on any atom is -0.490 e. The molecule has 5 heterocycles. The molecule has 0 unspecified atom stereocenters. The number of anilines is 1. The molecular weight excluding hydrogens is 594 g/mol. The lowest BCUT2D eigenvalue weighted by Gasteiger charge is -2.39. The number of piperidine rings is 1. The van der Waals surface area contributed by atoms with E-state index in [0.717, 1.165) is 49.4 Å². The van der Waals surface area contributed by atoms with E-state index in [9.17, 15) is 13.8 Å². The van der Waals surface area contributed by atoms with Gasteiger partial charge in [-0.15, -0.1) is 0 Å². The summed E-state index contributed by atoms with van der Waals surface area (Å²) >= 11 is 0. The van der Waals surface area contributed by atoms with Crippen molar-refractivity contribution in [2.45, 2.75) is 70.7 Å². The fraction of sp³-hybridized carbons (Fsp3) is 0.515. The van der Waals surface area contributed by atoms with Gasteiger partial charge in [-0.25, -0.2) is 14.4 Å². The van der Waals surface area contributed by atoms with E-state index in [4.69, 9.17) is 9.47 Å². The highest BCUT2D eigenvalue weighted by atomic mass is 31.2. The number of ether oxygens (including phenoxy) is 2. The Bertz CT molecular complexity index is 1570. The van der Waals surface area contributed by atoms with Gasteiger partial charge in [-0.05, 0) is 57.6 Å². The van der Waals surface area contributed by atoms with Crippen LogP contribution < -0.4 is 19.7 Å². The van der Waals surface area contributed by atoms with Crippen LogP contribution in [0.25, 0.3) is 0 Å². The van der Waals surface area contributed by atoms with Crippen LogP contribution in [0.2, 0.25) is 0 Å². The lowest BCUT2D eigenvalue weighted by molar-refractivity contribution is 0.0589. The molecule has 3 aliphatic heterocycles. The number of hydrogen-bond donors (Lipinski definition) is 1. The average Bonchev–Trinajstić information content (AvgIpc) is 3.03. The largest absolute Gasteiger partial charge is 0.490 e. The SMILES string of the molecule is CC(C)N(C(=O)c1cc(F)ccc1Oc1cncnc1N1CCC(Oc2ccnc3c2CNCC3)CC1)C1CCP(C)(=O)CC1. The Hall–Kier alpha value is -3.56. The second-order valence-corrected chi connectivity index (χ2v) is 16.2. The van der Waals surface area contributed by atoms with E-state index in [2.05, 4.69) is 25.2 Å². The summed E-state index contributed by atoms with van der Waals surface area (Å²) in [5, 5.41) is 3.41. The van der Waals surface area contributed by atoms with Crippen LogP contribution in [0.15, 0.2) is 43.0 Å². The molecule has 240 valence electrons. The molecule has 0 radical (unpaired) electrons. The number of fused-ring (bicyclic) bond motifs is 1. The molecule has 2 fully saturated rings. The molecule has 1 N–H and O–H groups in total. The number of amides is 1. The lowest BCUT2D eigenvalue weighted by atomic mass is 10.0. The number of pyridine rings is 1. The van der Waals surface area contributed by atoms with E-state index in [0.29, 0.717) is 49.8 Å². The van der Waals surface area contributed by atoms with Crippen LogP contribution >= 0.6 is 7.14 Å². The Labute approximate surface area is 264 Å². The molecule has 2 aromatic heterocycles. The van der Waals surface area contributed by atoms with Gasteiger partial charge in [0.1, 0.15) is 29.7 Å². The number of hydrogen-bond acceptors (Lipinski definition) is 9. The van der Waals surface area contributed by atoms with Gasteiger partial charge in [-0.1, -0.05) is 0 Å². The van der Waals surface area contributed by atoms with Crippen LogP contribution in [0.5, 0.6) is 17.2 Å². The third-order valence-electron chi connectivity index (χ3n) is 9.08. The zero-order valence-corrected chi connectivity index (χ0v) is 27.1. The van der Waals surface area contributed by atoms with Gasteiger partial charge in [0.2, 0.25) is 0 Å². The van der Waals surface area contributed by atoms with Gasteiger partial charge >= 0.3 is 0 Å². The van der Waals surface area contributed by atoms with E-state index < -0.39 is 13.0 Å². The van der Waals surface area contributed by atoms with Crippen molar-refractivity contribution in [2.75, 3.05) is 43.5 Å². The number of benzene rings is 1. The maximum atomic E-state index is 14.6.